The molecule has 21 heavy (non-hydrogen) atoms. The van der Waals surface area contributed by atoms with Gasteiger partial charge in [-0.25, -0.2) is 0 Å². The maximum absolute atomic E-state index is 11.8. The highest BCUT2D eigenvalue weighted by Gasteiger charge is 2.23. The Balaban J connectivity index is 1.95. The standard InChI is InChI=1S/C16H22N2O3/c1-12-4-2-3-5-14(12)18(11-9-16(20)21)10-8-15(19)17-13-6-7-13/h2-5,13H,6-11H2,1H3,(H,17,19)(H,20,21). The number of carboxylic acids is 1. The summed E-state index contributed by atoms with van der Waals surface area (Å²) in [6.45, 7) is 2.95. The fourth-order valence-electron chi connectivity index (χ4n) is 2.27. The van der Waals surface area contributed by atoms with Crippen molar-refractivity contribution in [3.05, 3.63) is 29.8 Å². The first kappa shape index (κ1) is 15.4. The molecule has 1 aliphatic carbocycles. The van der Waals surface area contributed by atoms with Crippen LogP contribution in [0.2, 0.25) is 0 Å². The van der Waals surface area contributed by atoms with Crippen LogP contribution in [0.15, 0.2) is 24.3 Å². The fourth-order valence-corrected chi connectivity index (χ4v) is 2.27. The smallest absolute Gasteiger partial charge is 0.305 e. The van der Waals surface area contributed by atoms with Crippen molar-refractivity contribution in [1.82, 2.24) is 5.32 Å². The molecule has 0 radical (unpaired) electrons. The van der Waals surface area contributed by atoms with Gasteiger partial charge in [0, 0.05) is 31.2 Å². The Morgan fingerprint density at radius 3 is 2.52 bits per heavy atom. The van der Waals surface area contributed by atoms with Crippen molar-refractivity contribution < 1.29 is 14.7 Å². The molecule has 2 rings (SSSR count). The third-order valence-corrected chi connectivity index (χ3v) is 3.60. The molecule has 0 bridgehead atoms. The summed E-state index contributed by atoms with van der Waals surface area (Å²) in [5, 5.41) is 11.8. The van der Waals surface area contributed by atoms with Crippen LogP contribution in [0, 0.1) is 6.92 Å². The van der Waals surface area contributed by atoms with Gasteiger partial charge in [0.15, 0.2) is 0 Å². The van der Waals surface area contributed by atoms with E-state index in [1.54, 1.807) is 0 Å². The number of carboxylic acid groups (broad SMARTS) is 1. The highest BCUT2D eigenvalue weighted by molar-refractivity contribution is 5.77. The summed E-state index contributed by atoms with van der Waals surface area (Å²) >= 11 is 0. The normalized spacial score (nSPS) is 13.8. The van der Waals surface area contributed by atoms with Gasteiger partial charge in [0.2, 0.25) is 5.91 Å². The van der Waals surface area contributed by atoms with Crippen LogP contribution in [0.1, 0.15) is 31.2 Å². The second-order valence-corrected chi connectivity index (χ2v) is 5.51. The van der Waals surface area contributed by atoms with Gasteiger partial charge in [-0.05, 0) is 31.4 Å². The molecule has 0 saturated heterocycles. The third kappa shape index (κ3) is 5.10. The van der Waals surface area contributed by atoms with Crippen molar-refractivity contribution in [1.29, 1.82) is 0 Å². The molecule has 1 aromatic carbocycles. The predicted octanol–water partition coefficient (Wildman–Crippen LogP) is 1.94. The van der Waals surface area contributed by atoms with Crippen molar-refractivity contribution in [2.45, 2.75) is 38.6 Å². The molecule has 0 aromatic heterocycles. The maximum Gasteiger partial charge on any atom is 0.305 e. The van der Waals surface area contributed by atoms with E-state index in [2.05, 4.69) is 5.32 Å². The monoisotopic (exact) mass is 290 g/mol. The zero-order valence-electron chi connectivity index (χ0n) is 12.3. The molecule has 0 spiro atoms. The lowest BCUT2D eigenvalue weighted by atomic mass is 10.1. The van der Waals surface area contributed by atoms with Gasteiger partial charge in [-0.2, -0.15) is 0 Å². The molecule has 1 amide bonds. The number of para-hydroxylation sites is 1. The van der Waals surface area contributed by atoms with Crippen LogP contribution in [0.5, 0.6) is 0 Å². The molecule has 114 valence electrons. The zero-order valence-corrected chi connectivity index (χ0v) is 12.3. The average molecular weight is 290 g/mol. The van der Waals surface area contributed by atoms with Gasteiger partial charge in [-0.3, -0.25) is 9.59 Å². The minimum Gasteiger partial charge on any atom is -0.481 e. The van der Waals surface area contributed by atoms with Crippen LogP contribution in [0.4, 0.5) is 5.69 Å². The number of nitrogens with one attached hydrogen (secondary N) is 1. The molecule has 1 fully saturated rings. The molecule has 1 aliphatic rings. The summed E-state index contributed by atoms with van der Waals surface area (Å²) in [6, 6.07) is 8.21. The maximum atomic E-state index is 11.8. The van der Waals surface area contributed by atoms with E-state index in [1.807, 2.05) is 36.1 Å². The lowest BCUT2D eigenvalue weighted by Crippen LogP contribution is -2.33. The van der Waals surface area contributed by atoms with Crippen molar-refractivity contribution in [3.8, 4) is 0 Å². The number of nitrogens with zero attached hydrogens (tertiary/aromatic N) is 1. The Morgan fingerprint density at radius 2 is 1.90 bits per heavy atom. The lowest BCUT2D eigenvalue weighted by Gasteiger charge is -2.25. The van der Waals surface area contributed by atoms with Crippen molar-refractivity contribution in [2.24, 2.45) is 0 Å². The quantitative estimate of drug-likeness (QED) is 0.767. The summed E-state index contributed by atoms with van der Waals surface area (Å²) in [7, 11) is 0. The average Bonchev–Trinajstić information content (AvgIpc) is 3.24. The van der Waals surface area contributed by atoms with Gasteiger partial charge in [0.25, 0.3) is 0 Å². The van der Waals surface area contributed by atoms with E-state index >= 15 is 0 Å². The molecule has 1 aromatic rings. The SMILES string of the molecule is Cc1ccccc1N(CCC(=O)O)CCC(=O)NC1CC1. The van der Waals surface area contributed by atoms with E-state index in [0.717, 1.165) is 24.1 Å². The van der Waals surface area contributed by atoms with Crippen LogP contribution >= 0.6 is 0 Å². The van der Waals surface area contributed by atoms with Crippen molar-refractivity contribution >= 4 is 17.6 Å². The van der Waals surface area contributed by atoms with E-state index < -0.39 is 5.97 Å². The topological polar surface area (TPSA) is 69.6 Å². The lowest BCUT2D eigenvalue weighted by molar-refractivity contribution is -0.136. The van der Waals surface area contributed by atoms with Crippen molar-refractivity contribution in [3.63, 3.8) is 0 Å². The summed E-state index contributed by atoms with van der Waals surface area (Å²) < 4.78 is 0. The summed E-state index contributed by atoms with van der Waals surface area (Å²) in [4.78, 5) is 24.6. The first-order chi connectivity index (χ1) is 10.1. The Bertz CT molecular complexity index is 512. The molecule has 0 aliphatic heterocycles. The number of carbonyl (C=O) groups excluding carboxylic acids is 1. The summed E-state index contributed by atoms with van der Waals surface area (Å²) in [6.07, 6.45) is 2.61. The highest BCUT2D eigenvalue weighted by atomic mass is 16.4. The summed E-state index contributed by atoms with van der Waals surface area (Å²) in [5.74, 6) is -0.776. The largest absolute Gasteiger partial charge is 0.481 e. The minimum absolute atomic E-state index is 0.0476. The van der Waals surface area contributed by atoms with Gasteiger partial charge in [0.05, 0.1) is 6.42 Å². The molecular weight excluding hydrogens is 268 g/mol. The molecule has 0 atom stereocenters. The number of aryl methyl sites for hydroxylation is 1. The minimum atomic E-state index is -0.823. The zero-order chi connectivity index (χ0) is 15.2. The number of benzene rings is 1. The van der Waals surface area contributed by atoms with Gasteiger partial charge in [-0.15, -0.1) is 0 Å². The number of hydrogen-bond donors (Lipinski definition) is 2. The van der Waals surface area contributed by atoms with Crippen LogP contribution in [-0.2, 0) is 9.59 Å². The number of anilines is 1. The van der Waals surface area contributed by atoms with E-state index in [-0.39, 0.29) is 12.3 Å². The van der Waals surface area contributed by atoms with E-state index in [4.69, 9.17) is 5.11 Å². The molecule has 1 saturated carbocycles. The molecule has 0 heterocycles. The van der Waals surface area contributed by atoms with E-state index in [0.29, 0.717) is 25.6 Å². The molecule has 5 nitrogen and oxygen atoms in total. The Morgan fingerprint density at radius 1 is 1.24 bits per heavy atom. The second-order valence-electron chi connectivity index (χ2n) is 5.51. The molecular formula is C16H22N2O3. The first-order valence-electron chi connectivity index (χ1n) is 7.38. The number of amides is 1. The number of rotatable bonds is 8. The number of carbonyl (C=O) groups is 2. The molecule has 2 N–H and O–H groups in total. The fraction of sp³-hybridized carbons (Fsp3) is 0.500. The third-order valence-electron chi connectivity index (χ3n) is 3.60. The molecule has 5 heteroatoms. The highest BCUT2D eigenvalue weighted by Crippen LogP contribution is 2.21. The second kappa shape index (κ2) is 7.11. The van der Waals surface area contributed by atoms with E-state index in [1.165, 1.54) is 0 Å². The van der Waals surface area contributed by atoms with Gasteiger partial charge < -0.3 is 15.3 Å². The predicted molar refractivity (Wildman–Crippen MR) is 81.4 cm³/mol. The van der Waals surface area contributed by atoms with Gasteiger partial charge in [-0.1, -0.05) is 18.2 Å². The van der Waals surface area contributed by atoms with Crippen LogP contribution in [0.25, 0.3) is 0 Å². The van der Waals surface area contributed by atoms with E-state index in [9.17, 15) is 9.59 Å². The number of aliphatic carboxylic acids is 1. The van der Waals surface area contributed by atoms with Gasteiger partial charge >= 0.3 is 5.97 Å². The molecule has 0 unspecified atom stereocenters. The van der Waals surface area contributed by atoms with Crippen LogP contribution in [-0.4, -0.2) is 36.1 Å². The summed E-state index contributed by atoms with van der Waals surface area (Å²) in [5.41, 5.74) is 2.09. The Labute approximate surface area is 125 Å². The van der Waals surface area contributed by atoms with Crippen LogP contribution in [0.3, 0.4) is 0 Å². The Kier molecular flexibility index (Phi) is 5.20. The number of hydrogen-bond acceptors (Lipinski definition) is 3. The van der Waals surface area contributed by atoms with Crippen molar-refractivity contribution in [2.75, 3.05) is 18.0 Å². The van der Waals surface area contributed by atoms with Gasteiger partial charge in [0.1, 0.15) is 0 Å². The first-order valence-corrected chi connectivity index (χ1v) is 7.38. The Hall–Kier alpha value is -2.04. The van der Waals surface area contributed by atoms with Crippen LogP contribution < -0.4 is 10.2 Å².